The average molecular weight is 196 g/mol. The van der Waals surface area contributed by atoms with Crippen LogP contribution in [0.25, 0.3) is 0 Å². The highest BCUT2D eigenvalue weighted by Gasteiger charge is 2.06. The Hall–Kier alpha value is -1.25. The number of nitrogens with zero attached hydrogens (tertiary/aromatic N) is 1. The summed E-state index contributed by atoms with van der Waals surface area (Å²) in [4.78, 5) is 1.93. The summed E-state index contributed by atoms with van der Waals surface area (Å²) in [7, 11) is 3.69. The minimum absolute atomic E-state index is 0.173. The number of halogens is 1. The molecule has 0 atom stereocenters. The third kappa shape index (κ3) is 2.37. The summed E-state index contributed by atoms with van der Waals surface area (Å²) < 4.78 is 13.5. The van der Waals surface area contributed by atoms with Crippen LogP contribution in [0.3, 0.4) is 0 Å². The van der Waals surface area contributed by atoms with E-state index in [4.69, 9.17) is 0 Å². The maximum atomic E-state index is 13.5. The summed E-state index contributed by atoms with van der Waals surface area (Å²) >= 11 is 0. The molecule has 1 aromatic rings. The number of rotatable bonds is 4. The van der Waals surface area contributed by atoms with Crippen molar-refractivity contribution < 1.29 is 4.39 Å². The van der Waals surface area contributed by atoms with Gasteiger partial charge in [0.1, 0.15) is 5.82 Å². The van der Waals surface area contributed by atoms with Crippen LogP contribution in [0.5, 0.6) is 0 Å². The molecule has 0 amide bonds. The molecule has 2 nitrogen and oxygen atoms in total. The predicted octanol–water partition coefficient (Wildman–Crippen LogP) is 2.71. The zero-order chi connectivity index (χ0) is 10.6. The Labute approximate surface area is 84.7 Å². The van der Waals surface area contributed by atoms with E-state index in [1.165, 1.54) is 6.07 Å². The maximum absolute atomic E-state index is 13.5. The number of anilines is 2. The van der Waals surface area contributed by atoms with Gasteiger partial charge in [0.25, 0.3) is 0 Å². The summed E-state index contributed by atoms with van der Waals surface area (Å²) in [6, 6.07) is 5.20. The van der Waals surface area contributed by atoms with Gasteiger partial charge in [0.05, 0.1) is 5.69 Å². The molecular weight excluding hydrogens is 179 g/mol. The van der Waals surface area contributed by atoms with Crippen LogP contribution >= 0.6 is 0 Å². The van der Waals surface area contributed by atoms with E-state index in [0.717, 1.165) is 18.7 Å². The van der Waals surface area contributed by atoms with Crippen molar-refractivity contribution in [1.29, 1.82) is 0 Å². The van der Waals surface area contributed by atoms with Crippen molar-refractivity contribution in [3.05, 3.63) is 24.0 Å². The largest absolute Gasteiger partial charge is 0.388 e. The minimum atomic E-state index is -0.173. The number of benzene rings is 1. The first kappa shape index (κ1) is 10.8. The van der Waals surface area contributed by atoms with Gasteiger partial charge in [-0.25, -0.2) is 4.39 Å². The Morgan fingerprint density at radius 3 is 2.64 bits per heavy atom. The summed E-state index contributed by atoms with van der Waals surface area (Å²) in [5, 5.41) is 2.91. The highest BCUT2D eigenvalue weighted by Crippen LogP contribution is 2.21. The molecule has 78 valence electrons. The van der Waals surface area contributed by atoms with Gasteiger partial charge in [-0.05, 0) is 24.6 Å². The standard InChI is InChI=1S/C11H17FN2/c1-4-7-14(3)11-6-5-9(13-2)8-10(11)12/h5-6,8,13H,4,7H2,1-3H3. The summed E-state index contributed by atoms with van der Waals surface area (Å²) in [5.41, 5.74) is 1.46. The minimum Gasteiger partial charge on any atom is -0.388 e. The zero-order valence-corrected chi connectivity index (χ0v) is 8.97. The van der Waals surface area contributed by atoms with E-state index < -0.39 is 0 Å². The van der Waals surface area contributed by atoms with E-state index in [9.17, 15) is 4.39 Å². The van der Waals surface area contributed by atoms with Gasteiger partial charge >= 0.3 is 0 Å². The number of hydrogen-bond acceptors (Lipinski definition) is 2. The van der Waals surface area contributed by atoms with Crippen molar-refractivity contribution in [2.24, 2.45) is 0 Å². The molecule has 3 heteroatoms. The van der Waals surface area contributed by atoms with Gasteiger partial charge < -0.3 is 10.2 Å². The Morgan fingerprint density at radius 2 is 2.14 bits per heavy atom. The first-order valence-electron chi connectivity index (χ1n) is 4.87. The van der Waals surface area contributed by atoms with Crippen molar-refractivity contribution in [2.75, 3.05) is 30.9 Å². The molecule has 14 heavy (non-hydrogen) atoms. The lowest BCUT2D eigenvalue weighted by Crippen LogP contribution is -2.18. The SMILES string of the molecule is CCCN(C)c1ccc(NC)cc1F. The van der Waals surface area contributed by atoms with Crippen molar-refractivity contribution in [3.63, 3.8) is 0 Å². The third-order valence-corrected chi connectivity index (χ3v) is 2.21. The molecule has 0 saturated heterocycles. The summed E-state index contributed by atoms with van der Waals surface area (Å²) in [6.45, 7) is 2.95. The van der Waals surface area contributed by atoms with E-state index in [2.05, 4.69) is 12.2 Å². The van der Waals surface area contributed by atoms with Gasteiger partial charge in [-0.2, -0.15) is 0 Å². The van der Waals surface area contributed by atoms with Crippen LogP contribution < -0.4 is 10.2 Å². The van der Waals surface area contributed by atoms with Crippen LogP contribution in [0.1, 0.15) is 13.3 Å². The lowest BCUT2D eigenvalue weighted by molar-refractivity contribution is 0.622. The first-order valence-corrected chi connectivity index (χ1v) is 4.87. The second-order valence-corrected chi connectivity index (χ2v) is 3.34. The molecule has 1 N–H and O–H groups in total. The van der Waals surface area contributed by atoms with E-state index >= 15 is 0 Å². The highest BCUT2D eigenvalue weighted by atomic mass is 19.1. The molecule has 0 aliphatic carbocycles. The lowest BCUT2D eigenvalue weighted by Gasteiger charge is -2.19. The van der Waals surface area contributed by atoms with Crippen molar-refractivity contribution >= 4 is 11.4 Å². The smallest absolute Gasteiger partial charge is 0.148 e. The van der Waals surface area contributed by atoms with Crippen LogP contribution in [0.2, 0.25) is 0 Å². The Kier molecular flexibility index (Phi) is 3.74. The van der Waals surface area contributed by atoms with Gasteiger partial charge in [-0.1, -0.05) is 6.92 Å². The number of hydrogen-bond donors (Lipinski definition) is 1. The summed E-state index contributed by atoms with van der Waals surface area (Å²) in [6.07, 6.45) is 1.02. The van der Waals surface area contributed by atoms with E-state index in [0.29, 0.717) is 5.69 Å². The monoisotopic (exact) mass is 196 g/mol. The molecule has 0 bridgehead atoms. The fourth-order valence-corrected chi connectivity index (χ4v) is 1.43. The van der Waals surface area contributed by atoms with Crippen molar-refractivity contribution in [1.82, 2.24) is 0 Å². The molecule has 0 aliphatic heterocycles. The van der Waals surface area contributed by atoms with Gasteiger partial charge in [0.2, 0.25) is 0 Å². The molecule has 0 spiro atoms. The second-order valence-electron chi connectivity index (χ2n) is 3.34. The van der Waals surface area contributed by atoms with Gasteiger partial charge in [0.15, 0.2) is 0 Å². The fraction of sp³-hybridized carbons (Fsp3) is 0.455. The molecule has 0 aliphatic rings. The Morgan fingerprint density at radius 1 is 1.43 bits per heavy atom. The Balaban J connectivity index is 2.88. The molecule has 0 saturated carbocycles. The van der Waals surface area contributed by atoms with Crippen LogP contribution in [-0.2, 0) is 0 Å². The van der Waals surface area contributed by atoms with Crippen LogP contribution in [-0.4, -0.2) is 20.6 Å². The summed E-state index contributed by atoms with van der Waals surface area (Å²) in [5.74, 6) is -0.173. The molecule has 1 rings (SSSR count). The molecular formula is C11H17FN2. The topological polar surface area (TPSA) is 15.3 Å². The lowest BCUT2D eigenvalue weighted by atomic mass is 10.2. The van der Waals surface area contributed by atoms with Crippen molar-refractivity contribution in [3.8, 4) is 0 Å². The van der Waals surface area contributed by atoms with Crippen LogP contribution in [0.15, 0.2) is 18.2 Å². The molecule has 0 unspecified atom stereocenters. The zero-order valence-electron chi connectivity index (χ0n) is 8.97. The normalized spacial score (nSPS) is 10.0. The fourth-order valence-electron chi connectivity index (χ4n) is 1.43. The number of nitrogens with one attached hydrogen (secondary N) is 1. The average Bonchev–Trinajstić information content (AvgIpc) is 2.17. The molecule has 0 fully saturated rings. The molecule has 1 aromatic carbocycles. The van der Waals surface area contributed by atoms with E-state index in [-0.39, 0.29) is 5.82 Å². The molecule has 0 aromatic heterocycles. The van der Waals surface area contributed by atoms with Gasteiger partial charge in [-0.3, -0.25) is 0 Å². The highest BCUT2D eigenvalue weighted by molar-refractivity contribution is 5.55. The predicted molar refractivity (Wildman–Crippen MR) is 59.5 cm³/mol. The van der Waals surface area contributed by atoms with Crippen LogP contribution in [0, 0.1) is 5.82 Å². The quantitative estimate of drug-likeness (QED) is 0.796. The van der Waals surface area contributed by atoms with Crippen molar-refractivity contribution in [2.45, 2.75) is 13.3 Å². The molecule has 0 heterocycles. The van der Waals surface area contributed by atoms with Gasteiger partial charge in [-0.15, -0.1) is 0 Å². The Bertz CT molecular complexity index is 299. The van der Waals surface area contributed by atoms with Crippen LogP contribution in [0.4, 0.5) is 15.8 Å². The third-order valence-electron chi connectivity index (χ3n) is 2.21. The molecule has 0 radical (unpaired) electrons. The maximum Gasteiger partial charge on any atom is 0.148 e. The first-order chi connectivity index (χ1) is 6.69. The second kappa shape index (κ2) is 4.84. The van der Waals surface area contributed by atoms with E-state index in [1.807, 2.05) is 18.0 Å². The van der Waals surface area contributed by atoms with E-state index in [1.54, 1.807) is 13.1 Å². The van der Waals surface area contributed by atoms with Gasteiger partial charge in [0, 0.05) is 26.3 Å².